The number of rotatable bonds is 3. The summed E-state index contributed by atoms with van der Waals surface area (Å²) in [6, 6.07) is 5.67. The summed E-state index contributed by atoms with van der Waals surface area (Å²) >= 11 is 0. The molecule has 1 amide bonds. The zero-order chi connectivity index (χ0) is 14.0. The fraction of sp³-hybridized carbons (Fsp3) is 0.429. The number of benzene rings is 1. The van der Waals surface area contributed by atoms with Gasteiger partial charge in [0.05, 0.1) is 7.11 Å². The van der Waals surface area contributed by atoms with E-state index in [1.54, 1.807) is 13.1 Å². The zero-order valence-corrected chi connectivity index (χ0v) is 11.5. The second kappa shape index (κ2) is 5.30. The Bertz CT molecular complexity index is 513. The van der Waals surface area contributed by atoms with Crippen LogP contribution in [0.25, 0.3) is 0 Å². The number of amides is 1. The van der Waals surface area contributed by atoms with Gasteiger partial charge < -0.3 is 14.5 Å². The topological polar surface area (TPSA) is 49.9 Å². The lowest BCUT2D eigenvalue weighted by Gasteiger charge is -2.17. The van der Waals surface area contributed by atoms with Crippen LogP contribution in [0.4, 0.5) is 5.69 Å². The summed E-state index contributed by atoms with van der Waals surface area (Å²) in [5.74, 6) is -0.584. The van der Waals surface area contributed by atoms with Crippen molar-refractivity contribution in [1.82, 2.24) is 4.90 Å². The molecule has 2 rings (SSSR count). The predicted molar refractivity (Wildman–Crippen MR) is 72.4 cm³/mol. The lowest BCUT2D eigenvalue weighted by Crippen LogP contribution is -2.32. The van der Waals surface area contributed by atoms with Crippen LogP contribution < -0.4 is 4.90 Å². The molecule has 1 aromatic carbocycles. The second-order valence-corrected chi connectivity index (χ2v) is 4.75. The number of hydrogen-bond donors (Lipinski definition) is 0. The van der Waals surface area contributed by atoms with E-state index in [1.165, 1.54) is 23.3 Å². The lowest BCUT2D eigenvalue weighted by molar-refractivity contribution is -0.141. The monoisotopic (exact) mass is 262 g/mol. The number of likely N-dealkylation sites (N-methyl/N-ethyl adjacent to an activating group) is 2. The molecular formula is C14H18N2O3. The number of hydrogen-bond acceptors (Lipinski definition) is 4. The van der Waals surface area contributed by atoms with Gasteiger partial charge in [0.25, 0.3) is 5.91 Å². The van der Waals surface area contributed by atoms with Crippen molar-refractivity contribution >= 4 is 17.6 Å². The van der Waals surface area contributed by atoms with Crippen LogP contribution in [0, 0.1) is 0 Å². The molecule has 5 heteroatoms. The maximum atomic E-state index is 12.2. The Hall–Kier alpha value is -2.04. The highest BCUT2D eigenvalue weighted by molar-refractivity contribution is 5.96. The van der Waals surface area contributed by atoms with Crippen LogP contribution in [-0.4, -0.2) is 51.1 Å². The first-order chi connectivity index (χ1) is 9.02. The molecule has 0 unspecified atom stereocenters. The van der Waals surface area contributed by atoms with E-state index in [9.17, 15) is 9.59 Å². The highest BCUT2D eigenvalue weighted by atomic mass is 16.5. The first-order valence-corrected chi connectivity index (χ1v) is 6.19. The maximum Gasteiger partial charge on any atom is 0.325 e. The summed E-state index contributed by atoms with van der Waals surface area (Å²) < 4.78 is 4.56. The fourth-order valence-electron chi connectivity index (χ4n) is 2.25. The summed E-state index contributed by atoms with van der Waals surface area (Å²) in [5.41, 5.74) is 2.97. The second-order valence-electron chi connectivity index (χ2n) is 4.75. The molecule has 0 bridgehead atoms. The standard InChI is InChI=1S/C14H18N2O3/c1-15-7-6-10-8-11(4-5-12(10)15)14(18)16(2)9-13(17)19-3/h4-5,8H,6-7,9H2,1-3H3. The van der Waals surface area contributed by atoms with Gasteiger partial charge in [0.1, 0.15) is 6.54 Å². The molecule has 0 aromatic heterocycles. The number of esters is 1. The SMILES string of the molecule is COC(=O)CN(C)C(=O)c1ccc2c(c1)CCN2C. The van der Waals surface area contributed by atoms with Gasteiger partial charge in [-0.25, -0.2) is 0 Å². The van der Waals surface area contributed by atoms with E-state index in [0.29, 0.717) is 5.56 Å². The van der Waals surface area contributed by atoms with Gasteiger partial charge in [0, 0.05) is 31.9 Å². The quantitative estimate of drug-likeness (QED) is 0.760. The third kappa shape index (κ3) is 2.70. The average Bonchev–Trinajstić information content (AvgIpc) is 2.78. The molecule has 0 saturated heterocycles. The van der Waals surface area contributed by atoms with Crippen LogP contribution in [0.1, 0.15) is 15.9 Å². The van der Waals surface area contributed by atoms with E-state index in [2.05, 4.69) is 9.64 Å². The van der Waals surface area contributed by atoms with Gasteiger partial charge in [-0.2, -0.15) is 0 Å². The Morgan fingerprint density at radius 1 is 1.42 bits per heavy atom. The van der Waals surface area contributed by atoms with Gasteiger partial charge in [-0.1, -0.05) is 0 Å². The van der Waals surface area contributed by atoms with Crippen LogP contribution in [0.5, 0.6) is 0 Å². The van der Waals surface area contributed by atoms with Crippen molar-refractivity contribution in [3.05, 3.63) is 29.3 Å². The first-order valence-electron chi connectivity index (χ1n) is 6.19. The Balaban J connectivity index is 2.14. The highest BCUT2D eigenvalue weighted by Crippen LogP contribution is 2.27. The van der Waals surface area contributed by atoms with Crippen molar-refractivity contribution in [3.8, 4) is 0 Å². The molecule has 0 spiro atoms. The molecule has 1 aliphatic rings. The number of anilines is 1. The summed E-state index contributed by atoms with van der Waals surface area (Å²) in [7, 11) is 4.95. The fourth-order valence-corrected chi connectivity index (χ4v) is 2.25. The normalized spacial score (nSPS) is 13.1. The molecule has 0 atom stereocenters. The first kappa shape index (κ1) is 13.4. The van der Waals surface area contributed by atoms with E-state index < -0.39 is 5.97 Å². The molecule has 102 valence electrons. The van der Waals surface area contributed by atoms with Crippen molar-refractivity contribution in [2.75, 3.05) is 39.2 Å². The summed E-state index contributed by atoms with van der Waals surface area (Å²) in [5, 5.41) is 0. The molecule has 5 nitrogen and oxygen atoms in total. The molecule has 0 radical (unpaired) electrons. The van der Waals surface area contributed by atoms with Gasteiger partial charge in [-0.3, -0.25) is 9.59 Å². The minimum absolute atomic E-state index is 0.0354. The van der Waals surface area contributed by atoms with E-state index in [4.69, 9.17) is 0 Å². The number of methoxy groups -OCH3 is 1. The molecule has 0 N–H and O–H groups in total. The van der Waals surface area contributed by atoms with Gasteiger partial charge in [0.2, 0.25) is 0 Å². The van der Waals surface area contributed by atoms with Crippen LogP contribution in [-0.2, 0) is 16.0 Å². The molecular weight excluding hydrogens is 244 g/mol. The summed E-state index contributed by atoms with van der Waals surface area (Å²) in [4.78, 5) is 26.9. The molecule has 0 saturated carbocycles. The van der Waals surface area contributed by atoms with Crippen molar-refractivity contribution in [2.24, 2.45) is 0 Å². The number of ether oxygens (including phenoxy) is 1. The highest BCUT2D eigenvalue weighted by Gasteiger charge is 2.20. The van der Waals surface area contributed by atoms with Crippen LogP contribution in [0.2, 0.25) is 0 Å². The Morgan fingerprint density at radius 2 is 2.16 bits per heavy atom. The Kier molecular flexibility index (Phi) is 3.74. The lowest BCUT2D eigenvalue weighted by atomic mass is 10.1. The van der Waals surface area contributed by atoms with Crippen LogP contribution >= 0.6 is 0 Å². The van der Waals surface area contributed by atoms with Crippen LogP contribution in [0.3, 0.4) is 0 Å². The van der Waals surface area contributed by atoms with Crippen LogP contribution in [0.15, 0.2) is 18.2 Å². The number of carbonyl (C=O) groups is 2. The van der Waals surface area contributed by atoms with Crippen molar-refractivity contribution < 1.29 is 14.3 Å². The third-order valence-electron chi connectivity index (χ3n) is 3.39. The number of nitrogens with zero attached hydrogens (tertiary/aromatic N) is 2. The molecule has 1 aromatic rings. The Morgan fingerprint density at radius 3 is 2.84 bits per heavy atom. The van der Waals surface area contributed by atoms with Crippen molar-refractivity contribution in [3.63, 3.8) is 0 Å². The number of carbonyl (C=O) groups excluding carboxylic acids is 2. The minimum atomic E-state index is -0.420. The molecule has 1 heterocycles. The zero-order valence-electron chi connectivity index (χ0n) is 11.5. The molecule has 1 aliphatic heterocycles. The van der Waals surface area contributed by atoms with Crippen molar-refractivity contribution in [2.45, 2.75) is 6.42 Å². The number of fused-ring (bicyclic) bond motifs is 1. The Labute approximate surface area is 112 Å². The van der Waals surface area contributed by atoms with Crippen molar-refractivity contribution in [1.29, 1.82) is 0 Å². The van der Waals surface area contributed by atoms with Gasteiger partial charge in [-0.05, 0) is 30.2 Å². The smallest absolute Gasteiger partial charge is 0.325 e. The van der Waals surface area contributed by atoms with Gasteiger partial charge in [0.15, 0.2) is 0 Å². The molecule has 0 aliphatic carbocycles. The maximum absolute atomic E-state index is 12.2. The largest absolute Gasteiger partial charge is 0.468 e. The minimum Gasteiger partial charge on any atom is -0.468 e. The summed E-state index contributed by atoms with van der Waals surface area (Å²) in [6.07, 6.45) is 0.952. The van der Waals surface area contributed by atoms with E-state index in [1.807, 2.05) is 19.2 Å². The van der Waals surface area contributed by atoms with Gasteiger partial charge in [-0.15, -0.1) is 0 Å². The van der Waals surface area contributed by atoms with E-state index in [-0.39, 0.29) is 12.5 Å². The van der Waals surface area contributed by atoms with Gasteiger partial charge >= 0.3 is 5.97 Å². The third-order valence-corrected chi connectivity index (χ3v) is 3.39. The molecule has 0 fully saturated rings. The van der Waals surface area contributed by atoms with E-state index in [0.717, 1.165) is 13.0 Å². The van der Waals surface area contributed by atoms with E-state index >= 15 is 0 Å². The average molecular weight is 262 g/mol. The molecule has 19 heavy (non-hydrogen) atoms. The predicted octanol–water partition coefficient (Wildman–Crippen LogP) is 0.924. The summed E-state index contributed by atoms with van der Waals surface area (Å²) in [6.45, 7) is 0.942.